The molecule has 0 radical (unpaired) electrons. The zero-order chi connectivity index (χ0) is 25.8. The number of aromatic nitrogens is 1. The van der Waals surface area contributed by atoms with E-state index in [4.69, 9.17) is 14.4 Å². The van der Waals surface area contributed by atoms with E-state index in [-0.39, 0.29) is 29.5 Å². The van der Waals surface area contributed by atoms with Crippen molar-refractivity contribution < 1.29 is 37.2 Å². The number of rotatable bonds is 4. The van der Waals surface area contributed by atoms with Crippen molar-refractivity contribution in [3.8, 4) is 0 Å². The first-order valence-corrected chi connectivity index (χ1v) is 11.4. The minimum absolute atomic E-state index is 0.0302. The molecule has 3 heterocycles. The van der Waals surface area contributed by atoms with Gasteiger partial charge in [-0.25, -0.2) is 4.79 Å². The fourth-order valence-corrected chi connectivity index (χ4v) is 4.19. The van der Waals surface area contributed by atoms with Crippen LogP contribution in [0.2, 0.25) is 0 Å². The molecule has 186 valence electrons. The lowest BCUT2D eigenvalue weighted by Gasteiger charge is -2.16. The molecule has 1 aliphatic rings. The number of nitrogens with zero attached hydrogens (tertiary/aromatic N) is 2. The van der Waals surface area contributed by atoms with Crippen LogP contribution in [0.15, 0.2) is 51.7 Å². The Bertz CT molecular complexity index is 1240. The Morgan fingerprint density at radius 1 is 1.23 bits per heavy atom. The fraction of sp³-hybridized carbons (Fsp3) is 0.304. The van der Waals surface area contributed by atoms with Crippen LogP contribution in [0.1, 0.15) is 30.0 Å². The average Bonchev–Trinajstić information content (AvgIpc) is 3.54. The maximum atomic E-state index is 12.7. The summed E-state index contributed by atoms with van der Waals surface area (Å²) in [7, 11) is 0. The van der Waals surface area contributed by atoms with E-state index >= 15 is 0 Å². The number of hydrogen-bond acceptors (Lipinski definition) is 6. The van der Waals surface area contributed by atoms with Gasteiger partial charge in [0.1, 0.15) is 5.52 Å². The number of nitrogens with one attached hydrogen (secondary N) is 1. The lowest BCUT2D eigenvalue weighted by atomic mass is 10.1. The molecule has 1 aliphatic heterocycles. The monoisotopic (exact) mass is 509 g/mol. The van der Waals surface area contributed by atoms with Gasteiger partial charge in [-0.3, -0.25) is 9.59 Å². The van der Waals surface area contributed by atoms with Crippen LogP contribution in [0.5, 0.6) is 0 Å². The normalized spacial score (nSPS) is 18.2. The fourth-order valence-electron chi connectivity index (χ4n) is 3.47. The predicted molar refractivity (Wildman–Crippen MR) is 123 cm³/mol. The average molecular weight is 510 g/mol. The van der Waals surface area contributed by atoms with Gasteiger partial charge < -0.3 is 19.8 Å². The van der Waals surface area contributed by atoms with Crippen LogP contribution in [0.25, 0.3) is 16.5 Å². The maximum absolute atomic E-state index is 12.7. The molecule has 2 aromatic heterocycles. The number of likely N-dealkylation sites (tertiary alicyclic amines) is 1. The van der Waals surface area contributed by atoms with Crippen LogP contribution >= 0.6 is 11.3 Å². The van der Waals surface area contributed by atoms with Crippen molar-refractivity contribution in [3.63, 3.8) is 0 Å². The van der Waals surface area contributed by atoms with E-state index in [9.17, 15) is 22.8 Å². The van der Waals surface area contributed by atoms with Gasteiger partial charge in [-0.15, -0.1) is 0 Å². The van der Waals surface area contributed by atoms with Gasteiger partial charge in [0.25, 0.3) is 5.91 Å². The Hall–Kier alpha value is -3.67. The largest absolute Gasteiger partial charge is 0.490 e. The second kappa shape index (κ2) is 10.7. The number of aliphatic carboxylic acids is 1. The van der Waals surface area contributed by atoms with Crippen LogP contribution in [0.3, 0.4) is 0 Å². The molecule has 0 spiro atoms. The maximum Gasteiger partial charge on any atom is 0.490 e. The number of carbonyl (C=O) groups is 3. The molecule has 1 aromatic carbocycles. The molecule has 4 rings (SSSR count). The molecule has 0 unspecified atom stereocenters. The predicted octanol–water partition coefficient (Wildman–Crippen LogP) is 4.20. The van der Waals surface area contributed by atoms with Crippen molar-refractivity contribution in [2.24, 2.45) is 5.92 Å². The van der Waals surface area contributed by atoms with Crippen molar-refractivity contribution in [2.45, 2.75) is 26.1 Å². The molecule has 35 heavy (non-hydrogen) atoms. The van der Waals surface area contributed by atoms with E-state index in [1.54, 1.807) is 28.4 Å². The second-order valence-corrected chi connectivity index (χ2v) is 8.75. The topological polar surface area (TPSA) is 113 Å². The summed E-state index contributed by atoms with van der Waals surface area (Å²) in [5.41, 5.74) is 2.66. The third-order valence-electron chi connectivity index (χ3n) is 5.39. The molecule has 1 fully saturated rings. The standard InChI is InChI=1S/C21H21N3O3S.C2HF3O2/c1-13(15-7-8-28-12-15)9-19(25)24-10-14(2)18(11-24)22-21(26)20-16-5-3-4-6-17(16)23-27-20;3-2(4,5)1(6)7/h3-9,12,14,18H,10-11H2,1-2H3,(H,22,26);(H,6,7)/b13-9+;/t14-,18+;/m1./s1. The number of alkyl halides is 3. The summed E-state index contributed by atoms with van der Waals surface area (Å²) in [4.78, 5) is 36.0. The third kappa shape index (κ3) is 6.47. The first kappa shape index (κ1) is 25.9. The van der Waals surface area contributed by atoms with Gasteiger partial charge in [0.15, 0.2) is 0 Å². The SMILES string of the molecule is C/C(=C\C(=O)N1C[C@@H](C)[C@@H](NC(=O)c2onc3ccccc23)C1)c1ccsc1.O=C(O)C(F)(F)F. The number of benzene rings is 1. The van der Waals surface area contributed by atoms with Gasteiger partial charge in [0, 0.05) is 19.2 Å². The van der Waals surface area contributed by atoms with Gasteiger partial charge in [0.05, 0.1) is 11.4 Å². The van der Waals surface area contributed by atoms with E-state index < -0.39 is 12.1 Å². The molecule has 2 atom stereocenters. The van der Waals surface area contributed by atoms with Crippen LogP contribution < -0.4 is 5.32 Å². The highest BCUT2D eigenvalue weighted by Gasteiger charge is 2.38. The van der Waals surface area contributed by atoms with Crippen LogP contribution in [-0.4, -0.2) is 58.3 Å². The smallest absolute Gasteiger partial charge is 0.475 e. The van der Waals surface area contributed by atoms with E-state index in [1.165, 1.54) is 0 Å². The number of hydrogen-bond donors (Lipinski definition) is 2. The molecule has 0 aliphatic carbocycles. The van der Waals surface area contributed by atoms with Gasteiger partial charge >= 0.3 is 12.1 Å². The number of allylic oxidation sites excluding steroid dienone is 1. The number of carboxylic acid groups (broad SMARTS) is 1. The van der Waals surface area contributed by atoms with Gasteiger partial charge in [0.2, 0.25) is 11.7 Å². The summed E-state index contributed by atoms with van der Waals surface area (Å²) in [6, 6.07) is 9.18. The summed E-state index contributed by atoms with van der Waals surface area (Å²) >= 11 is 1.61. The first-order valence-electron chi connectivity index (χ1n) is 10.4. The second-order valence-electron chi connectivity index (χ2n) is 7.97. The summed E-state index contributed by atoms with van der Waals surface area (Å²) < 4.78 is 37.0. The summed E-state index contributed by atoms with van der Waals surface area (Å²) in [6.07, 6.45) is -3.41. The number of thiophene rings is 1. The summed E-state index contributed by atoms with van der Waals surface area (Å²) in [5.74, 6) is -2.73. The Morgan fingerprint density at radius 3 is 2.54 bits per heavy atom. The van der Waals surface area contributed by atoms with Crippen LogP contribution in [-0.2, 0) is 9.59 Å². The molecule has 2 amide bonds. The molecular formula is C23H22F3N3O5S. The van der Waals surface area contributed by atoms with E-state index in [1.807, 2.05) is 48.9 Å². The van der Waals surface area contributed by atoms with E-state index in [0.29, 0.717) is 24.0 Å². The molecule has 0 bridgehead atoms. The quantitative estimate of drug-likeness (QED) is 0.510. The molecule has 1 saturated heterocycles. The van der Waals surface area contributed by atoms with Crippen molar-refractivity contribution in [3.05, 3.63) is 58.5 Å². The van der Waals surface area contributed by atoms with Crippen molar-refractivity contribution >= 4 is 45.6 Å². The summed E-state index contributed by atoms with van der Waals surface area (Å²) in [5, 5.41) is 18.8. The van der Waals surface area contributed by atoms with Gasteiger partial charge in [-0.05, 0) is 52.9 Å². The van der Waals surface area contributed by atoms with Gasteiger partial charge in [-0.1, -0.05) is 24.2 Å². The highest BCUT2D eigenvalue weighted by Crippen LogP contribution is 2.22. The molecule has 12 heteroatoms. The lowest BCUT2D eigenvalue weighted by molar-refractivity contribution is -0.192. The first-order chi connectivity index (χ1) is 16.5. The minimum Gasteiger partial charge on any atom is -0.475 e. The Morgan fingerprint density at radius 2 is 1.91 bits per heavy atom. The highest BCUT2D eigenvalue weighted by atomic mass is 32.1. The highest BCUT2D eigenvalue weighted by molar-refractivity contribution is 7.08. The van der Waals surface area contributed by atoms with Crippen molar-refractivity contribution in [2.75, 3.05) is 13.1 Å². The van der Waals surface area contributed by atoms with Crippen molar-refractivity contribution in [1.82, 2.24) is 15.4 Å². The molecule has 2 N–H and O–H groups in total. The van der Waals surface area contributed by atoms with Gasteiger partial charge in [-0.2, -0.15) is 24.5 Å². The number of carbonyl (C=O) groups excluding carboxylic acids is 2. The molecule has 0 saturated carbocycles. The Kier molecular flexibility index (Phi) is 7.95. The number of carboxylic acids is 1. The minimum atomic E-state index is -5.08. The molecular weight excluding hydrogens is 487 g/mol. The summed E-state index contributed by atoms with van der Waals surface area (Å²) in [6.45, 7) is 5.06. The van der Waals surface area contributed by atoms with Crippen LogP contribution in [0.4, 0.5) is 13.2 Å². The zero-order valence-electron chi connectivity index (χ0n) is 18.7. The van der Waals surface area contributed by atoms with Crippen LogP contribution in [0, 0.1) is 5.92 Å². The lowest BCUT2D eigenvalue weighted by Crippen LogP contribution is -2.40. The number of halogens is 3. The zero-order valence-corrected chi connectivity index (χ0v) is 19.5. The molecule has 3 aromatic rings. The Balaban J connectivity index is 0.000000429. The number of amides is 2. The number of fused-ring (bicyclic) bond motifs is 1. The third-order valence-corrected chi connectivity index (χ3v) is 6.07. The van der Waals surface area contributed by atoms with E-state index in [0.717, 1.165) is 11.1 Å². The molecule has 8 nitrogen and oxygen atoms in total. The van der Waals surface area contributed by atoms with E-state index in [2.05, 4.69) is 10.5 Å². The van der Waals surface area contributed by atoms with Crippen molar-refractivity contribution in [1.29, 1.82) is 0 Å². The Labute approximate surface area is 202 Å².